The van der Waals surface area contributed by atoms with Crippen molar-refractivity contribution in [3.05, 3.63) is 0 Å². The van der Waals surface area contributed by atoms with Crippen LogP contribution in [0.3, 0.4) is 0 Å². The second-order valence-electron chi connectivity index (χ2n) is 1.83. The first-order chi connectivity index (χ1) is 3.83. The van der Waals surface area contributed by atoms with Gasteiger partial charge in [-0.2, -0.15) is 0 Å². The average Bonchev–Trinajstić information content (AvgIpc) is 2.14. The van der Waals surface area contributed by atoms with Gasteiger partial charge in [-0.3, -0.25) is 4.79 Å². The van der Waals surface area contributed by atoms with Gasteiger partial charge in [-0.05, 0) is 6.42 Å². The molecule has 0 aromatic heterocycles. The Labute approximate surface area is 47.3 Å². The van der Waals surface area contributed by atoms with E-state index >= 15 is 0 Å². The molecule has 0 unspecified atom stereocenters. The van der Waals surface area contributed by atoms with E-state index < -0.39 is 0 Å². The molecule has 0 spiro atoms. The zero-order chi connectivity index (χ0) is 5.98. The summed E-state index contributed by atoms with van der Waals surface area (Å²) in [6.07, 6.45) is 0.920. The lowest BCUT2D eigenvalue weighted by Gasteiger charge is -2.01. The summed E-state index contributed by atoms with van der Waals surface area (Å²) in [5.74, 6) is -0.191. The van der Waals surface area contributed by atoms with Crippen LogP contribution in [0.4, 0.5) is 0 Å². The third-order valence-electron chi connectivity index (χ3n) is 1.17. The Hall–Kier alpha value is -0.570. The molecule has 0 bridgehead atoms. The quantitative estimate of drug-likeness (QED) is 0.382. The Morgan fingerprint density at radius 1 is 1.88 bits per heavy atom. The van der Waals surface area contributed by atoms with Crippen LogP contribution in [0.5, 0.6) is 0 Å². The van der Waals surface area contributed by atoms with Crippen molar-refractivity contribution in [2.24, 2.45) is 0 Å². The van der Waals surface area contributed by atoms with Gasteiger partial charge in [0.2, 0.25) is 0 Å². The molecule has 0 amide bonds. The van der Waals surface area contributed by atoms with E-state index in [9.17, 15) is 4.79 Å². The van der Waals surface area contributed by atoms with Gasteiger partial charge in [0.25, 0.3) is 0 Å². The minimum atomic E-state index is -0.220. The summed E-state index contributed by atoms with van der Waals surface area (Å²) in [6, 6.07) is 0. The van der Waals surface area contributed by atoms with Crippen LogP contribution in [0.1, 0.15) is 12.8 Å². The molecule has 3 heteroatoms. The third-order valence-corrected chi connectivity index (χ3v) is 1.17. The molecule has 8 heavy (non-hydrogen) atoms. The number of cyclic esters (lactones) is 1. The fourth-order valence-corrected chi connectivity index (χ4v) is 0.711. The monoisotopic (exact) mass is 121 g/mol. The molecule has 0 radical (unpaired) electrons. The zero-order valence-corrected chi connectivity index (χ0v) is 4.46. The molecule has 0 aliphatic carbocycles. The van der Waals surface area contributed by atoms with E-state index in [4.69, 9.17) is 5.11 Å². The number of rotatable bonds is 1. The van der Waals surface area contributed by atoms with Crippen molar-refractivity contribution in [3.63, 3.8) is 0 Å². The lowest BCUT2D eigenvalue weighted by molar-refractivity contribution is -0.142. The molecular formula is C5H8O3. The Kier molecular flexibility index (Phi) is 1.48. The second kappa shape index (κ2) is 2.13. The van der Waals surface area contributed by atoms with Crippen molar-refractivity contribution in [1.82, 2.24) is 0 Å². The van der Waals surface area contributed by atoms with Crippen LogP contribution in [0, 0.1) is 0 Å². The van der Waals surface area contributed by atoms with Crippen LogP contribution in [0.15, 0.2) is 0 Å². The summed E-state index contributed by atoms with van der Waals surface area (Å²) in [5.41, 5.74) is 0. The fourth-order valence-electron chi connectivity index (χ4n) is 0.711. The molecule has 1 aliphatic heterocycles. The van der Waals surface area contributed by atoms with Crippen molar-refractivity contribution >= 4 is 5.97 Å². The Balaban J connectivity index is 2.32. The predicted octanol–water partition coefficient (Wildman–Crippen LogP) is -0.316. The number of hydrogen-bond donors (Lipinski definition) is 1. The van der Waals surface area contributed by atoms with Gasteiger partial charge in [0.05, 0.1) is 6.61 Å². The SMILES string of the molecule is O=[13C]1[13CH2][13CH2][13C@@H]([13CH2]O)O1. The fraction of sp³-hybridized carbons (Fsp3) is 0.800. The lowest BCUT2D eigenvalue weighted by atomic mass is 11.2. The number of ether oxygens (including phenoxy) is 1. The summed E-state index contributed by atoms with van der Waals surface area (Å²) in [4.78, 5) is 10.3. The summed E-state index contributed by atoms with van der Waals surface area (Å²) in [6.45, 7) is -0.0360. The van der Waals surface area contributed by atoms with Crippen molar-refractivity contribution in [1.29, 1.82) is 0 Å². The first-order valence-electron chi connectivity index (χ1n) is 2.63. The molecule has 1 rings (SSSR count). The average molecular weight is 121 g/mol. The van der Waals surface area contributed by atoms with E-state index in [1.54, 1.807) is 0 Å². The second-order valence-corrected chi connectivity index (χ2v) is 1.83. The Bertz CT molecular complexity index is 99.8. The molecule has 46 valence electrons. The van der Waals surface area contributed by atoms with Crippen LogP contribution in [0.2, 0.25) is 0 Å². The standard InChI is InChI=1S/C5H8O3/c6-3-4-1-2-5(7)8-4/h4,6H,1-3H2/t4-/m0/s1/i1+1,2+1,3+1,4+1,5+1. The highest BCUT2D eigenvalue weighted by atomic mass is 16.7. The van der Waals surface area contributed by atoms with Gasteiger partial charge in [-0.25, -0.2) is 0 Å². The van der Waals surface area contributed by atoms with E-state index in [1.165, 1.54) is 0 Å². The number of esters is 1. The van der Waals surface area contributed by atoms with Gasteiger partial charge < -0.3 is 9.84 Å². The van der Waals surface area contributed by atoms with E-state index in [2.05, 4.69) is 4.74 Å². The van der Waals surface area contributed by atoms with Crippen molar-refractivity contribution in [2.45, 2.75) is 18.9 Å². The van der Waals surface area contributed by atoms with Gasteiger partial charge in [0, 0.05) is 6.42 Å². The van der Waals surface area contributed by atoms with E-state index in [0.717, 1.165) is 0 Å². The van der Waals surface area contributed by atoms with E-state index in [-0.39, 0.29) is 18.7 Å². The van der Waals surface area contributed by atoms with Gasteiger partial charge in [-0.1, -0.05) is 0 Å². The Morgan fingerprint density at radius 3 is 2.88 bits per heavy atom. The van der Waals surface area contributed by atoms with Gasteiger partial charge in [0.15, 0.2) is 0 Å². The van der Waals surface area contributed by atoms with Crippen LogP contribution < -0.4 is 0 Å². The number of hydrogen-bond acceptors (Lipinski definition) is 3. The minimum absolute atomic E-state index is 0.0360. The maximum atomic E-state index is 10.3. The number of carbonyl (C=O) groups is 1. The molecule has 1 heterocycles. The van der Waals surface area contributed by atoms with E-state index in [0.29, 0.717) is 12.8 Å². The highest BCUT2D eigenvalue weighted by Crippen LogP contribution is 2.11. The molecule has 1 N–H and O–H groups in total. The highest BCUT2D eigenvalue weighted by Gasteiger charge is 2.21. The maximum Gasteiger partial charge on any atom is 0.306 e. The first kappa shape index (κ1) is 5.56. The van der Waals surface area contributed by atoms with E-state index in [1.807, 2.05) is 0 Å². The van der Waals surface area contributed by atoms with Gasteiger partial charge in [-0.15, -0.1) is 0 Å². The molecule has 0 aromatic carbocycles. The van der Waals surface area contributed by atoms with Crippen molar-refractivity contribution in [3.8, 4) is 0 Å². The number of aliphatic hydroxyl groups excluding tert-OH is 1. The number of aliphatic hydroxyl groups is 1. The molecule has 3 nitrogen and oxygen atoms in total. The molecule has 0 saturated carbocycles. The van der Waals surface area contributed by atoms with Crippen molar-refractivity contribution < 1.29 is 14.6 Å². The predicted molar refractivity (Wildman–Crippen MR) is 26.2 cm³/mol. The lowest BCUT2D eigenvalue weighted by Crippen LogP contribution is -2.10. The maximum absolute atomic E-state index is 10.3. The summed E-state index contributed by atoms with van der Waals surface area (Å²) >= 11 is 0. The van der Waals surface area contributed by atoms with Crippen LogP contribution >= 0.6 is 0 Å². The smallest absolute Gasteiger partial charge is 0.306 e. The number of carbonyl (C=O) groups excluding carboxylic acids is 1. The zero-order valence-electron chi connectivity index (χ0n) is 4.46. The third kappa shape index (κ3) is 0.980. The van der Waals surface area contributed by atoms with Crippen molar-refractivity contribution in [2.75, 3.05) is 6.61 Å². The largest absolute Gasteiger partial charge is 0.460 e. The normalized spacial score (nSPS) is 28.1. The molecule has 1 aliphatic rings. The van der Waals surface area contributed by atoms with Gasteiger partial charge >= 0.3 is 5.97 Å². The molecule has 1 saturated heterocycles. The highest BCUT2D eigenvalue weighted by molar-refractivity contribution is 5.71. The summed E-state index contributed by atoms with van der Waals surface area (Å²) in [5, 5.41) is 8.41. The molecule has 0 aromatic rings. The molecule has 1 atom stereocenters. The topological polar surface area (TPSA) is 46.5 Å². The van der Waals surface area contributed by atoms with Crippen LogP contribution in [0.25, 0.3) is 0 Å². The summed E-state index contributed by atoms with van der Waals surface area (Å²) in [7, 11) is 0. The first-order valence-corrected chi connectivity index (χ1v) is 2.63. The molecule has 1 fully saturated rings. The van der Waals surface area contributed by atoms with Crippen LogP contribution in [-0.2, 0) is 9.53 Å². The Morgan fingerprint density at radius 2 is 2.62 bits per heavy atom. The molecular weight excluding hydrogens is 113 g/mol. The van der Waals surface area contributed by atoms with Gasteiger partial charge in [0.1, 0.15) is 6.10 Å². The van der Waals surface area contributed by atoms with Crippen LogP contribution in [-0.4, -0.2) is 23.8 Å². The summed E-state index contributed by atoms with van der Waals surface area (Å²) < 4.78 is 4.62. The minimum Gasteiger partial charge on any atom is -0.460 e.